The van der Waals surface area contributed by atoms with E-state index in [0.29, 0.717) is 6.42 Å². The molecule has 0 fully saturated rings. The molecule has 1 aromatic carbocycles. The highest BCUT2D eigenvalue weighted by Crippen LogP contribution is 2.33. The van der Waals surface area contributed by atoms with Gasteiger partial charge in [0, 0.05) is 20.9 Å². The summed E-state index contributed by atoms with van der Waals surface area (Å²) in [6.07, 6.45) is 0.0528. The van der Waals surface area contributed by atoms with Gasteiger partial charge >= 0.3 is 0 Å². The fraction of sp³-hybridized carbons (Fsp3) is 0.143. The minimum Gasteiger partial charge on any atom is -0.387 e. The fourth-order valence-electron chi connectivity index (χ4n) is 1.95. The Kier molecular flexibility index (Phi) is 3.71. The zero-order chi connectivity index (χ0) is 13.4. The van der Waals surface area contributed by atoms with Crippen LogP contribution in [0, 0.1) is 5.82 Å². The van der Waals surface area contributed by atoms with Gasteiger partial charge in [-0.25, -0.2) is 4.39 Å². The van der Waals surface area contributed by atoms with Crippen molar-refractivity contribution in [3.63, 3.8) is 0 Å². The molecule has 0 bridgehead atoms. The summed E-state index contributed by atoms with van der Waals surface area (Å²) in [5.41, 5.74) is 0. The molecule has 1 atom stereocenters. The Balaban J connectivity index is 1.86. The molecule has 1 unspecified atom stereocenters. The lowest BCUT2D eigenvalue weighted by Crippen LogP contribution is -1.97. The van der Waals surface area contributed by atoms with Crippen LogP contribution in [-0.4, -0.2) is 5.11 Å². The van der Waals surface area contributed by atoms with E-state index in [0.717, 1.165) is 23.6 Å². The van der Waals surface area contributed by atoms with E-state index < -0.39 is 6.10 Å². The monoisotopic (exact) mass is 356 g/mol. The van der Waals surface area contributed by atoms with Crippen LogP contribution in [0.4, 0.5) is 4.39 Å². The van der Waals surface area contributed by atoms with Crippen LogP contribution < -0.4 is 0 Å². The standard InChI is InChI=1S/C14H10BrFOS2/c15-14-4-2-10(18-14)7-11(17)13-6-8-5-9(16)1-3-12(8)19-13/h1-6,11,17H,7H2. The third-order valence-electron chi connectivity index (χ3n) is 2.85. The van der Waals surface area contributed by atoms with Crippen molar-refractivity contribution in [2.45, 2.75) is 12.5 Å². The summed E-state index contributed by atoms with van der Waals surface area (Å²) in [5, 5.41) is 11.1. The first-order valence-corrected chi connectivity index (χ1v) is 8.16. The van der Waals surface area contributed by atoms with Gasteiger partial charge in [0.2, 0.25) is 0 Å². The Morgan fingerprint density at radius 1 is 1.16 bits per heavy atom. The molecule has 0 aliphatic heterocycles. The lowest BCUT2D eigenvalue weighted by Gasteiger charge is -2.05. The zero-order valence-electron chi connectivity index (χ0n) is 9.77. The van der Waals surface area contributed by atoms with Crippen LogP contribution in [-0.2, 0) is 6.42 Å². The Morgan fingerprint density at radius 2 is 2.00 bits per heavy atom. The second-order valence-electron chi connectivity index (χ2n) is 4.26. The van der Waals surface area contributed by atoms with Crippen LogP contribution in [0.2, 0.25) is 0 Å². The number of benzene rings is 1. The van der Waals surface area contributed by atoms with Gasteiger partial charge in [-0.05, 0) is 57.7 Å². The van der Waals surface area contributed by atoms with Gasteiger partial charge in [0.05, 0.1) is 9.89 Å². The van der Waals surface area contributed by atoms with E-state index in [1.807, 2.05) is 18.2 Å². The number of hydrogen-bond acceptors (Lipinski definition) is 3. The molecule has 0 aliphatic rings. The van der Waals surface area contributed by atoms with Gasteiger partial charge in [0.1, 0.15) is 5.82 Å². The minimum absolute atomic E-state index is 0.242. The van der Waals surface area contributed by atoms with E-state index in [2.05, 4.69) is 15.9 Å². The van der Waals surface area contributed by atoms with Crippen molar-refractivity contribution in [1.82, 2.24) is 0 Å². The van der Waals surface area contributed by atoms with Gasteiger partial charge in [-0.3, -0.25) is 0 Å². The van der Waals surface area contributed by atoms with Crippen LogP contribution in [0.15, 0.2) is 40.2 Å². The number of rotatable bonds is 3. The van der Waals surface area contributed by atoms with Crippen molar-refractivity contribution in [2.24, 2.45) is 0 Å². The number of aliphatic hydroxyl groups excluding tert-OH is 1. The molecule has 0 amide bonds. The van der Waals surface area contributed by atoms with E-state index >= 15 is 0 Å². The van der Waals surface area contributed by atoms with Crippen LogP contribution >= 0.6 is 38.6 Å². The van der Waals surface area contributed by atoms with Crippen molar-refractivity contribution < 1.29 is 9.50 Å². The van der Waals surface area contributed by atoms with E-state index in [-0.39, 0.29) is 5.82 Å². The van der Waals surface area contributed by atoms with Gasteiger partial charge in [0.15, 0.2) is 0 Å². The second kappa shape index (κ2) is 5.32. The summed E-state index contributed by atoms with van der Waals surface area (Å²) in [5.74, 6) is -0.242. The summed E-state index contributed by atoms with van der Waals surface area (Å²) >= 11 is 6.55. The van der Waals surface area contributed by atoms with Crippen LogP contribution in [0.5, 0.6) is 0 Å². The smallest absolute Gasteiger partial charge is 0.123 e. The largest absolute Gasteiger partial charge is 0.387 e. The van der Waals surface area contributed by atoms with Crippen molar-refractivity contribution in [1.29, 1.82) is 0 Å². The first-order valence-electron chi connectivity index (χ1n) is 5.73. The number of fused-ring (bicyclic) bond motifs is 1. The molecule has 98 valence electrons. The summed E-state index contributed by atoms with van der Waals surface area (Å²) in [6.45, 7) is 0. The Bertz CT molecular complexity index is 719. The summed E-state index contributed by atoms with van der Waals surface area (Å²) in [7, 11) is 0. The molecule has 3 rings (SSSR count). The molecular formula is C14H10BrFOS2. The highest BCUT2D eigenvalue weighted by Gasteiger charge is 2.13. The minimum atomic E-state index is -0.536. The highest BCUT2D eigenvalue weighted by molar-refractivity contribution is 9.11. The third kappa shape index (κ3) is 2.89. The molecular weight excluding hydrogens is 347 g/mol. The number of thiophene rings is 2. The molecule has 0 aliphatic carbocycles. The quantitative estimate of drug-likeness (QED) is 0.688. The molecule has 1 N–H and O–H groups in total. The summed E-state index contributed by atoms with van der Waals surface area (Å²) in [4.78, 5) is 2.01. The first-order chi connectivity index (χ1) is 9.11. The number of halogens is 2. The summed E-state index contributed by atoms with van der Waals surface area (Å²) < 4.78 is 15.2. The maximum Gasteiger partial charge on any atom is 0.123 e. The van der Waals surface area contributed by atoms with Crippen molar-refractivity contribution in [2.75, 3.05) is 0 Å². The van der Waals surface area contributed by atoms with E-state index in [1.165, 1.54) is 23.5 Å². The average Bonchev–Trinajstić information content (AvgIpc) is 2.95. The predicted octanol–water partition coefficient (Wildman–Crippen LogP) is 5.14. The van der Waals surface area contributed by atoms with Gasteiger partial charge in [-0.2, -0.15) is 0 Å². The molecule has 2 heterocycles. The van der Waals surface area contributed by atoms with E-state index in [1.54, 1.807) is 17.4 Å². The number of aliphatic hydroxyl groups is 1. The Hall–Kier alpha value is -0.750. The summed E-state index contributed by atoms with van der Waals surface area (Å²) in [6, 6.07) is 10.6. The Labute approximate surface area is 126 Å². The van der Waals surface area contributed by atoms with Gasteiger partial charge in [0.25, 0.3) is 0 Å². The van der Waals surface area contributed by atoms with Crippen molar-refractivity contribution in [3.05, 3.63) is 55.8 Å². The molecule has 0 spiro atoms. The second-order valence-corrected chi connectivity index (χ2v) is 7.92. The maximum atomic E-state index is 13.1. The van der Waals surface area contributed by atoms with Crippen LogP contribution in [0.3, 0.4) is 0 Å². The van der Waals surface area contributed by atoms with Gasteiger partial charge in [-0.15, -0.1) is 22.7 Å². The molecule has 0 radical (unpaired) electrons. The molecule has 1 nitrogen and oxygen atoms in total. The molecule has 0 saturated heterocycles. The SMILES string of the molecule is OC(Cc1ccc(Br)s1)c1cc2cc(F)ccc2s1. The van der Waals surface area contributed by atoms with E-state index in [9.17, 15) is 9.50 Å². The van der Waals surface area contributed by atoms with Gasteiger partial charge in [-0.1, -0.05) is 0 Å². The normalized spacial score (nSPS) is 13.0. The van der Waals surface area contributed by atoms with Crippen LogP contribution in [0.1, 0.15) is 15.9 Å². The predicted molar refractivity (Wildman–Crippen MR) is 82.5 cm³/mol. The molecule has 19 heavy (non-hydrogen) atoms. The fourth-order valence-corrected chi connectivity index (χ4v) is 4.50. The molecule has 3 aromatic rings. The molecule has 2 aromatic heterocycles. The van der Waals surface area contributed by atoms with E-state index in [4.69, 9.17) is 0 Å². The first kappa shape index (κ1) is 13.2. The van der Waals surface area contributed by atoms with Crippen LogP contribution in [0.25, 0.3) is 10.1 Å². The third-order valence-corrected chi connectivity index (χ3v) is 5.71. The topological polar surface area (TPSA) is 20.2 Å². The van der Waals surface area contributed by atoms with Gasteiger partial charge < -0.3 is 5.11 Å². The molecule has 5 heteroatoms. The number of hydrogen-bond donors (Lipinski definition) is 1. The van der Waals surface area contributed by atoms with Crippen molar-refractivity contribution in [3.8, 4) is 0 Å². The molecule has 0 saturated carbocycles. The van der Waals surface area contributed by atoms with Crippen molar-refractivity contribution >= 4 is 48.7 Å². The lowest BCUT2D eigenvalue weighted by molar-refractivity contribution is 0.183. The lowest BCUT2D eigenvalue weighted by atomic mass is 10.1. The maximum absolute atomic E-state index is 13.1. The zero-order valence-corrected chi connectivity index (χ0v) is 13.0. The highest BCUT2D eigenvalue weighted by atomic mass is 79.9. The Morgan fingerprint density at radius 3 is 2.74 bits per heavy atom. The average molecular weight is 357 g/mol.